The van der Waals surface area contributed by atoms with Crippen molar-refractivity contribution in [3.63, 3.8) is 0 Å². The minimum Gasteiger partial charge on any atom is -0.378 e. The van der Waals surface area contributed by atoms with Gasteiger partial charge in [-0.15, -0.1) is 0 Å². The summed E-state index contributed by atoms with van der Waals surface area (Å²) in [6, 6.07) is 14.9. The predicted molar refractivity (Wildman–Crippen MR) is 156 cm³/mol. The number of thioether (sulfide) groups is 1. The lowest BCUT2D eigenvalue weighted by molar-refractivity contribution is -0.137. The first kappa shape index (κ1) is 30.1. The van der Waals surface area contributed by atoms with Gasteiger partial charge in [-0.3, -0.25) is 4.79 Å². The fraction of sp³-hybridized carbons (Fsp3) is 0.433. The second-order valence-electron chi connectivity index (χ2n) is 10.3. The quantitative estimate of drug-likeness (QED) is 0.252. The van der Waals surface area contributed by atoms with Gasteiger partial charge in [0.2, 0.25) is 0 Å². The van der Waals surface area contributed by atoms with Crippen molar-refractivity contribution in [2.75, 3.05) is 56.2 Å². The number of rotatable bonds is 10. The van der Waals surface area contributed by atoms with Gasteiger partial charge in [-0.2, -0.15) is 13.2 Å². The number of nitrogens with one attached hydrogen (secondary N) is 1. The number of carbonyl (C=O) groups is 1. The molecule has 1 atom stereocenters. The maximum absolute atomic E-state index is 13.2. The molecule has 2 aliphatic heterocycles. The molecule has 3 heterocycles. The number of halogens is 3. The van der Waals surface area contributed by atoms with Gasteiger partial charge in [0.25, 0.3) is 5.91 Å². The third-order valence-electron chi connectivity index (χ3n) is 7.28. The topological polar surface area (TPSA) is 79.8 Å². The molecule has 42 heavy (non-hydrogen) atoms. The van der Waals surface area contributed by atoms with Crippen molar-refractivity contribution < 1.29 is 27.4 Å². The number of carbonyl (C=O) groups excluding carboxylic acids is 1. The molecule has 12 heteroatoms. The lowest BCUT2D eigenvalue weighted by atomic mass is 10.1. The summed E-state index contributed by atoms with van der Waals surface area (Å²) in [5, 5.41) is 3.55. The van der Waals surface area contributed by atoms with Gasteiger partial charge in [0.1, 0.15) is 5.82 Å². The number of aromatic nitrogens is 2. The molecule has 5 rings (SSSR count). The van der Waals surface area contributed by atoms with E-state index in [0.29, 0.717) is 61.5 Å². The monoisotopic (exact) mass is 601 g/mol. The SMILES string of the molecule is COCc1cc(N2CCN(c3cccc(C(F)(F)F)c3)CC2)nc(SCc2ccc(C(=O)NC[C@H]3CCCO3)cc2)n1. The number of anilines is 2. The fourth-order valence-corrected chi connectivity index (χ4v) is 5.82. The summed E-state index contributed by atoms with van der Waals surface area (Å²) in [5.74, 6) is 1.27. The number of piperazine rings is 1. The van der Waals surface area contributed by atoms with E-state index in [0.717, 1.165) is 42.6 Å². The third kappa shape index (κ3) is 7.93. The normalized spacial score (nSPS) is 17.5. The zero-order valence-corrected chi connectivity index (χ0v) is 24.2. The van der Waals surface area contributed by atoms with E-state index in [-0.39, 0.29) is 12.0 Å². The summed E-state index contributed by atoms with van der Waals surface area (Å²) < 4.78 is 50.4. The Kier molecular flexibility index (Phi) is 9.86. The van der Waals surface area contributed by atoms with Crippen LogP contribution in [-0.4, -0.2) is 68.4 Å². The van der Waals surface area contributed by atoms with Crippen molar-refractivity contribution in [1.82, 2.24) is 15.3 Å². The second-order valence-corrected chi connectivity index (χ2v) is 11.2. The first-order valence-electron chi connectivity index (χ1n) is 13.9. The Morgan fingerprint density at radius 1 is 1.07 bits per heavy atom. The molecule has 8 nitrogen and oxygen atoms in total. The minimum atomic E-state index is -4.37. The Balaban J connectivity index is 1.19. The van der Waals surface area contributed by atoms with E-state index >= 15 is 0 Å². The molecule has 0 bridgehead atoms. The highest BCUT2D eigenvalue weighted by molar-refractivity contribution is 7.98. The van der Waals surface area contributed by atoms with E-state index in [1.807, 2.05) is 35.2 Å². The van der Waals surface area contributed by atoms with Gasteiger partial charge in [-0.25, -0.2) is 9.97 Å². The summed E-state index contributed by atoms with van der Waals surface area (Å²) in [4.78, 5) is 26.0. The summed E-state index contributed by atoms with van der Waals surface area (Å²) in [6.45, 7) is 3.98. The molecule has 0 unspecified atom stereocenters. The maximum Gasteiger partial charge on any atom is 0.416 e. The minimum absolute atomic E-state index is 0.0996. The molecule has 1 N–H and O–H groups in total. The van der Waals surface area contributed by atoms with Gasteiger partial charge >= 0.3 is 6.18 Å². The van der Waals surface area contributed by atoms with E-state index in [2.05, 4.69) is 15.2 Å². The molecule has 224 valence electrons. The van der Waals surface area contributed by atoms with E-state index in [9.17, 15) is 18.0 Å². The Bertz CT molecular complexity index is 1340. The van der Waals surface area contributed by atoms with Crippen LogP contribution in [-0.2, 0) is 28.0 Å². The number of ether oxygens (including phenoxy) is 2. The van der Waals surface area contributed by atoms with Crippen LogP contribution in [0.15, 0.2) is 59.8 Å². The lowest BCUT2D eigenvalue weighted by Crippen LogP contribution is -2.47. The number of hydrogen-bond acceptors (Lipinski definition) is 8. The van der Waals surface area contributed by atoms with Crippen LogP contribution in [0.25, 0.3) is 0 Å². The third-order valence-corrected chi connectivity index (χ3v) is 8.20. The molecular weight excluding hydrogens is 567 g/mol. The van der Waals surface area contributed by atoms with Crippen LogP contribution >= 0.6 is 11.8 Å². The van der Waals surface area contributed by atoms with Crippen LogP contribution < -0.4 is 15.1 Å². The summed E-state index contributed by atoms with van der Waals surface area (Å²) in [6.07, 6.45) is -2.26. The number of benzene rings is 2. The van der Waals surface area contributed by atoms with Crippen LogP contribution in [0, 0.1) is 0 Å². The van der Waals surface area contributed by atoms with Gasteiger partial charge in [-0.1, -0.05) is 30.0 Å². The van der Waals surface area contributed by atoms with E-state index < -0.39 is 11.7 Å². The Hall–Kier alpha value is -3.35. The van der Waals surface area contributed by atoms with Gasteiger partial charge in [-0.05, 0) is 48.7 Å². The number of alkyl halides is 3. The van der Waals surface area contributed by atoms with Gasteiger partial charge in [0.05, 0.1) is 24.0 Å². The molecule has 2 aliphatic rings. The van der Waals surface area contributed by atoms with Crippen molar-refractivity contribution >= 4 is 29.2 Å². The smallest absolute Gasteiger partial charge is 0.378 e. The second kappa shape index (κ2) is 13.7. The fourth-order valence-electron chi connectivity index (χ4n) is 4.99. The van der Waals surface area contributed by atoms with Crippen LogP contribution in [0.5, 0.6) is 0 Å². The molecule has 0 spiro atoms. The highest BCUT2D eigenvalue weighted by Crippen LogP contribution is 2.32. The van der Waals surface area contributed by atoms with Crippen molar-refractivity contribution in [2.24, 2.45) is 0 Å². The molecule has 3 aromatic rings. The molecule has 2 saturated heterocycles. The van der Waals surface area contributed by atoms with E-state index in [1.165, 1.54) is 23.9 Å². The van der Waals surface area contributed by atoms with Gasteiger partial charge in [0, 0.05) is 69.5 Å². The number of hydrogen-bond donors (Lipinski definition) is 1. The molecule has 1 aromatic heterocycles. The zero-order chi connectivity index (χ0) is 29.5. The first-order valence-corrected chi connectivity index (χ1v) is 14.9. The van der Waals surface area contributed by atoms with Gasteiger partial charge < -0.3 is 24.6 Å². The van der Waals surface area contributed by atoms with Crippen LogP contribution in [0.3, 0.4) is 0 Å². The molecule has 0 aliphatic carbocycles. The zero-order valence-electron chi connectivity index (χ0n) is 23.4. The van der Waals surface area contributed by atoms with Crippen LogP contribution in [0.4, 0.5) is 24.7 Å². The Morgan fingerprint density at radius 3 is 2.52 bits per heavy atom. The molecule has 2 aromatic carbocycles. The largest absolute Gasteiger partial charge is 0.416 e. The van der Waals surface area contributed by atoms with Gasteiger partial charge in [0.15, 0.2) is 5.16 Å². The number of amides is 1. The number of nitrogens with zero attached hydrogens (tertiary/aromatic N) is 4. The van der Waals surface area contributed by atoms with E-state index in [4.69, 9.17) is 14.5 Å². The van der Waals surface area contributed by atoms with Crippen molar-refractivity contribution in [3.8, 4) is 0 Å². The van der Waals surface area contributed by atoms with E-state index in [1.54, 1.807) is 13.2 Å². The van der Waals surface area contributed by atoms with Crippen molar-refractivity contribution in [1.29, 1.82) is 0 Å². The molecule has 1 amide bonds. The Morgan fingerprint density at radius 2 is 1.83 bits per heavy atom. The summed E-state index contributed by atoms with van der Waals surface area (Å²) in [7, 11) is 1.61. The highest BCUT2D eigenvalue weighted by Gasteiger charge is 2.31. The first-order chi connectivity index (χ1) is 20.3. The highest BCUT2D eigenvalue weighted by atomic mass is 32.2. The molecule has 2 fully saturated rings. The Labute approximate surface area is 247 Å². The predicted octanol–water partition coefficient (Wildman–Crippen LogP) is 5.17. The summed E-state index contributed by atoms with van der Waals surface area (Å²) in [5.41, 5.74) is 2.31. The average molecular weight is 602 g/mol. The van der Waals surface area contributed by atoms with Crippen molar-refractivity contribution in [3.05, 3.63) is 77.0 Å². The average Bonchev–Trinajstić information content (AvgIpc) is 3.53. The standard InChI is InChI=1S/C30H34F3N5O3S/c1-40-19-24-17-27(38-13-11-37(12-14-38)25-5-2-4-23(16-25)30(31,32)33)36-29(35-24)42-20-21-7-9-22(10-8-21)28(39)34-18-26-6-3-15-41-26/h2,4-5,7-10,16-17,26H,3,6,11-15,18-20H2,1H3,(H,34,39)/t26-/m1/s1. The van der Waals surface area contributed by atoms with Crippen LogP contribution in [0.2, 0.25) is 0 Å². The lowest BCUT2D eigenvalue weighted by Gasteiger charge is -2.37. The maximum atomic E-state index is 13.2. The number of methoxy groups -OCH3 is 1. The van der Waals surface area contributed by atoms with Crippen LogP contribution in [0.1, 0.15) is 40.0 Å². The molecule has 0 saturated carbocycles. The van der Waals surface area contributed by atoms with Crippen molar-refractivity contribution in [2.45, 2.75) is 42.6 Å². The molecular formula is C30H34F3N5O3S. The molecule has 0 radical (unpaired) electrons. The summed E-state index contributed by atoms with van der Waals surface area (Å²) >= 11 is 1.50.